The third-order valence-corrected chi connectivity index (χ3v) is 2.04. The van der Waals surface area contributed by atoms with Crippen molar-refractivity contribution in [2.24, 2.45) is 23.3 Å². The van der Waals surface area contributed by atoms with Crippen molar-refractivity contribution in [2.75, 3.05) is 19.7 Å². The molecule has 0 aromatic rings. The molecular weight excluding hydrogens is 198 g/mol. The first-order valence-corrected chi connectivity index (χ1v) is 4.89. The minimum absolute atomic E-state index is 0.0798. The van der Waals surface area contributed by atoms with E-state index in [0.29, 0.717) is 6.54 Å². The van der Waals surface area contributed by atoms with Gasteiger partial charge in [0.1, 0.15) is 6.61 Å². The van der Waals surface area contributed by atoms with Crippen LogP contribution < -0.4 is 16.8 Å². The molecule has 0 fully saturated rings. The Morgan fingerprint density at radius 1 is 1.40 bits per heavy atom. The van der Waals surface area contributed by atoms with E-state index in [2.05, 4.69) is 10.1 Å². The third-order valence-electron chi connectivity index (χ3n) is 2.04. The lowest BCUT2D eigenvalue weighted by molar-refractivity contribution is -0.126. The Balaban J connectivity index is 3.77. The predicted molar refractivity (Wildman–Crippen MR) is 55.9 cm³/mol. The van der Waals surface area contributed by atoms with Crippen molar-refractivity contribution in [2.45, 2.75) is 13.8 Å². The van der Waals surface area contributed by atoms with Crippen LogP contribution in [0.3, 0.4) is 0 Å². The number of carbonyl (C=O) groups is 2. The highest BCUT2D eigenvalue weighted by Gasteiger charge is 2.19. The van der Waals surface area contributed by atoms with Crippen LogP contribution in [-0.4, -0.2) is 31.7 Å². The lowest BCUT2D eigenvalue weighted by atomic mass is 9.95. The molecule has 0 spiro atoms. The summed E-state index contributed by atoms with van der Waals surface area (Å²) in [7, 11) is 0. The van der Waals surface area contributed by atoms with Gasteiger partial charge in [-0.15, -0.1) is 0 Å². The van der Waals surface area contributed by atoms with E-state index >= 15 is 0 Å². The van der Waals surface area contributed by atoms with Crippen LogP contribution >= 0.6 is 0 Å². The van der Waals surface area contributed by atoms with Crippen LogP contribution in [-0.2, 0) is 9.53 Å². The Kier molecular flexibility index (Phi) is 6.44. The molecule has 0 aliphatic carbocycles. The second kappa shape index (κ2) is 7.05. The summed E-state index contributed by atoms with van der Waals surface area (Å²) in [5, 5.41) is 2.62. The first-order chi connectivity index (χ1) is 6.99. The zero-order valence-electron chi connectivity index (χ0n) is 9.16. The Labute approximate surface area is 89.3 Å². The number of primary amides is 1. The van der Waals surface area contributed by atoms with E-state index in [-0.39, 0.29) is 30.9 Å². The van der Waals surface area contributed by atoms with Gasteiger partial charge in [0.15, 0.2) is 0 Å². The van der Waals surface area contributed by atoms with E-state index in [1.54, 1.807) is 0 Å². The number of carbonyl (C=O) groups excluding carboxylic acids is 2. The van der Waals surface area contributed by atoms with Gasteiger partial charge in [-0.2, -0.15) is 0 Å². The molecule has 0 aromatic heterocycles. The van der Waals surface area contributed by atoms with Gasteiger partial charge in [-0.1, -0.05) is 13.8 Å². The summed E-state index contributed by atoms with van der Waals surface area (Å²) in [4.78, 5) is 21.7. The van der Waals surface area contributed by atoms with Gasteiger partial charge in [-0.3, -0.25) is 4.79 Å². The van der Waals surface area contributed by atoms with Gasteiger partial charge in [-0.05, 0) is 5.92 Å². The Morgan fingerprint density at radius 3 is 2.40 bits per heavy atom. The smallest absolute Gasteiger partial charge is 0.404 e. The number of ether oxygens (including phenoxy) is 1. The molecule has 1 unspecified atom stereocenters. The molecule has 1 atom stereocenters. The molecule has 15 heavy (non-hydrogen) atoms. The number of hydrogen-bond donors (Lipinski definition) is 3. The lowest BCUT2D eigenvalue weighted by Crippen LogP contribution is -2.39. The van der Waals surface area contributed by atoms with Crippen molar-refractivity contribution < 1.29 is 14.3 Å². The van der Waals surface area contributed by atoms with E-state index in [1.807, 2.05) is 13.8 Å². The highest BCUT2D eigenvalue weighted by Crippen LogP contribution is 2.08. The number of nitrogens with one attached hydrogen (secondary N) is 1. The fourth-order valence-electron chi connectivity index (χ4n) is 1.14. The second-order valence-electron chi connectivity index (χ2n) is 3.54. The topological polar surface area (TPSA) is 107 Å². The molecule has 2 amide bonds. The molecule has 6 nitrogen and oxygen atoms in total. The summed E-state index contributed by atoms with van der Waals surface area (Å²) in [6.07, 6.45) is -0.844. The van der Waals surface area contributed by atoms with E-state index in [9.17, 15) is 9.59 Å². The van der Waals surface area contributed by atoms with Crippen LogP contribution in [0, 0.1) is 11.8 Å². The lowest BCUT2D eigenvalue weighted by Gasteiger charge is -2.17. The number of nitrogens with two attached hydrogens (primary N) is 2. The predicted octanol–water partition coefficient (Wildman–Crippen LogP) is -0.571. The fraction of sp³-hybridized carbons (Fsp3) is 0.778. The van der Waals surface area contributed by atoms with Gasteiger partial charge in [0, 0.05) is 6.54 Å². The van der Waals surface area contributed by atoms with E-state index in [0.717, 1.165) is 0 Å². The molecule has 0 aromatic carbocycles. The number of rotatable bonds is 6. The van der Waals surface area contributed by atoms with Crippen LogP contribution in [0.2, 0.25) is 0 Å². The van der Waals surface area contributed by atoms with Gasteiger partial charge in [0.05, 0.1) is 12.5 Å². The van der Waals surface area contributed by atoms with Crippen LogP contribution in [0.1, 0.15) is 13.8 Å². The second-order valence-corrected chi connectivity index (χ2v) is 3.54. The highest BCUT2D eigenvalue weighted by molar-refractivity contribution is 5.79. The zero-order chi connectivity index (χ0) is 11.8. The van der Waals surface area contributed by atoms with E-state index in [4.69, 9.17) is 11.5 Å². The van der Waals surface area contributed by atoms with Gasteiger partial charge in [0.2, 0.25) is 5.91 Å². The first kappa shape index (κ1) is 13.7. The molecule has 0 aliphatic heterocycles. The maximum Gasteiger partial charge on any atom is 0.404 e. The zero-order valence-corrected chi connectivity index (χ0v) is 9.16. The summed E-state index contributed by atoms with van der Waals surface area (Å²) < 4.78 is 4.46. The Bertz CT molecular complexity index is 219. The first-order valence-electron chi connectivity index (χ1n) is 4.89. The van der Waals surface area contributed by atoms with Gasteiger partial charge in [-0.25, -0.2) is 4.79 Å². The Morgan fingerprint density at radius 2 is 2.00 bits per heavy atom. The molecule has 0 bridgehead atoms. The van der Waals surface area contributed by atoms with Crippen molar-refractivity contribution in [3.05, 3.63) is 0 Å². The molecule has 0 saturated heterocycles. The quantitative estimate of drug-likeness (QED) is 0.518. The standard InChI is InChI=1S/C9H19N3O3/c1-6(2)7(5-10)8(13)12-3-4-15-9(11)14/h6-7H,3-5,10H2,1-2H3,(H2,11,14)(H,12,13). The average Bonchev–Trinajstić information content (AvgIpc) is 2.12. The highest BCUT2D eigenvalue weighted by atomic mass is 16.5. The summed E-state index contributed by atoms with van der Waals surface area (Å²) in [5.41, 5.74) is 10.2. The van der Waals surface area contributed by atoms with Gasteiger partial charge in [0.25, 0.3) is 0 Å². The maximum absolute atomic E-state index is 11.5. The molecule has 0 saturated carbocycles. The van der Waals surface area contributed by atoms with Crippen LogP contribution in [0.15, 0.2) is 0 Å². The SMILES string of the molecule is CC(C)C(CN)C(=O)NCCOC(N)=O. The number of hydrogen-bond acceptors (Lipinski definition) is 4. The minimum Gasteiger partial charge on any atom is -0.448 e. The van der Waals surface area contributed by atoms with Crippen molar-refractivity contribution in [1.29, 1.82) is 0 Å². The molecule has 88 valence electrons. The molecule has 0 heterocycles. The van der Waals surface area contributed by atoms with Crippen molar-refractivity contribution in [3.63, 3.8) is 0 Å². The summed E-state index contributed by atoms with van der Waals surface area (Å²) in [5.74, 6) is -0.147. The van der Waals surface area contributed by atoms with E-state index < -0.39 is 6.09 Å². The molecule has 0 aliphatic rings. The molecular formula is C9H19N3O3. The molecule has 0 radical (unpaired) electrons. The van der Waals surface area contributed by atoms with Crippen molar-refractivity contribution >= 4 is 12.0 Å². The largest absolute Gasteiger partial charge is 0.448 e. The molecule has 5 N–H and O–H groups in total. The van der Waals surface area contributed by atoms with Gasteiger partial charge >= 0.3 is 6.09 Å². The number of amides is 2. The monoisotopic (exact) mass is 217 g/mol. The van der Waals surface area contributed by atoms with E-state index in [1.165, 1.54) is 0 Å². The van der Waals surface area contributed by atoms with Gasteiger partial charge < -0.3 is 21.5 Å². The summed E-state index contributed by atoms with van der Waals surface area (Å²) >= 11 is 0. The summed E-state index contributed by atoms with van der Waals surface area (Å²) in [6.45, 7) is 4.50. The van der Waals surface area contributed by atoms with Crippen LogP contribution in [0.5, 0.6) is 0 Å². The normalized spacial score (nSPS) is 12.3. The van der Waals surface area contributed by atoms with Crippen LogP contribution in [0.4, 0.5) is 4.79 Å². The molecule has 6 heteroatoms. The maximum atomic E-state index is 11.5. The van der Waals surface area contributed by atoms with Crippen molar-refractivity contribution in [3.8, 4) is 0 Å². The Hall–Kier alpha value is -1.30. The fourth-order valence-corrected chi connectivity index (χ4v) is 1.14. The molecule has 0 rings (SSSR count). The minimum atomic E-state index is -0.844. The third kappa shape index (κ3) is 5.90. The van der Waals surface area contributed by atoms with Crippen molar-refractivity contribution in [1.82, 2.24) is 5.32 Å². The summed E-state index contributed by atoms with van der Waals surface area (Å²) in [6, 6.07) is 0. The van der Waals surface area contributed by atoms with Crippen LogP contribution in [0.25, 0.3) is 0 Å². The average molecular weight is 217 g/mol.